The van der Waals surface area contributed by atoms with E-state index in [0.29, 0.717) is 0 Å². The number of likely N-dealkylation sites (N-methyl/N-ethyl adjacent to an activating group) is 1. The van der Waals surface area contributed by atoms with E-state index in [1.54, 1.807) is 13.0 Å². The van der Waals surface area contributed by atoms with Crippen molar-refractivity contribution in [1.29, 1.82) is 0 Å². The molecule has 1 fully saturated rings. The standard InChI is InChI=1S/C16H20N2O5/c1-10-3-6-12(13(19)7-10)16(22)23-9-15(21)18(2)8-14(20)17-11-4-5-11/h3,6-7,11,19H,4-5,8-9H2,1-2H3,(H,17,20). The van der Waals surface area contributed by atoms with Gasteiger partial charge in [-0.05, 0) is 37.5 Å². The van der Waals surface area contributed by atoms with Gasteiger partial charge in [-0.3, -0.25) is 9.59 Å². The van der Waals surface area contributed by atoms with Gasteiger partial charge in [0, 0.05) is 13.1 Å². The second-order valence-electron chi connectivity index (χ2n) is 5.69. The van der Waals surface area contributed by atoms with Crippen molar-refractivity contribution in [3.63, 3.8) is 0 Å². The summed E-state index contributed by atoms with van der Waals surface area (Å²) in [6, 6.07) is 4.76. The molecule has 1 aromatic rings. The lowest BCUT2D eigenvalue weighted by molar-refractivity contribution is -0.137. The summed E-state index contributed by atoms with van der Waals surface area (Å²) >= 11 is 0. The van der Waals surface area contributed by atoms with Crippen LogP contribution in [0.4, 0.5) is 0 Å². The molecule has 7 nitrogen and oxygen atoms in total. The van der Waals surface area contributed by atoms with Crippen molar-refractivity contribution in [3.8, 4) is 5.75 Å². The minimum atomic E-state index is -0.785. The van der Waals surface area contributed by atoms with Crippen LogP contribution < -0.4 is 5.32 Å². The van der Waals surface area contributed by atoms with Gasteiger partial charge < -0.3 is 20.1 Å². The van der Waals surface area contributed by atoms with Gasteiger partial charge in [0.25, 0.3) is 5.91 Å². The third kappa shape index (κ3) is 4.98. The number of aryl methyl sites for hydroxylation is 1. The lowest BCUT2D eigenvalue weighted by Gasteiger charge is -2.16. The van der Waals surface area contributed by atoms with Crippen molar-refractivity contribution >= 4 is 17.8 Å². The number of rotatable bonds is 6. The molecule has 0 unspecified atom stereocenters. The van der Waals surface area contributed by atoms with E-state index in [1.807, 2.05) is 0 Å². The highest BCUT2D eigenvalue weighted by molar-refractivity contribution is 5.94. The Morgan fingerprint density at radius 1 is 1.35 bits per heavy atom. The molecule has 23 heavy (non-hydrogen) atoms. The molecule has 0 aliphatic heterocycles. The minimum Gasteiger partial charge on any atom is -0.507 e. The van der Waals surface area contributed by atoms with E-state index in [9.17, 15) is 19.5 Å². The first-order valence-corrected chi connectivity index (χ1v) is 7.37. The number of aromatic hydroxyl groups is 1. The van der Waals surface area contributed by atoms with Crippen molar-refractivity contribution in [2.24, 2.45) is 0 Å². The highest BCUT2D eigenvalue weighted by Crippen LogP contribution is 2.19. The highest BCUT2D eigenvalue weighted by atomic mass is 16.5. The Labute approximate surface area is 134 Å². The molecular weight excluding hydrogens is 300 g/mol. The van der Waals surface area contributed by atoms with Gasteiger partial charge in [-0.1, -0.05) is 6.07 Å². The molecule has 2 amide bonds. The largest absolute Gasteiger partial charge is 0.507 e. The first-order chi connectivity index (χ1) is 10.9. The average Bonchev–Trinajstić information content (AvgIpc) is 3.27. The summed E-state index contributed by atoms with van der Waals surface area (Å²) in [5, 5.41) is 12.5. The summed E-state index contributed by atoms with van der Waals surface area (Å²) in [5.41, 5.74) is 0.800. The van der Waals surface area contributed by atoms with E-state index in [2.05, 4.69) is 5.32 Å². The summed E-state index contributed by atoms with van der Waals surface area (Å²) in [4.78, 5) is 36.5. The zero-order valence-electron chi connectivity index (χ0n) is 13.2. The van der Waals surface area contributed by atoms with Crippen molar-refractivity contribution in [2.45, 2.75) is 25.8 Å². The fourth-order valence-electron chi connectivity index (χ4n) is 1.93. The summed E-state index contributed by atoms with van der Waals surface area (Å²) in [7, 11) is 1.46. The number of carbonyl (C=O) groups is 3. The molecule has 0 radical (unpaired) electrons. The molecule has 0 aromatic heterocycles. The van der Waals surface area contributed by atoms with Gasteiger partial charge in [-0.25, -0.2) is 4.79 Å². The molecule has 0 bridgehead atoms. The maximum Gasteiger partial charge on any atom is 0.342 e. The fraction of sp³-hybridized carbons (Fsp3) is 0.438. The summed E-state index contributed by atoms with van der Waals surface area (Å²) in [6.45, 7) is 1.21. The van der Waals surface area contributed by atoms with E-state index >= 15 is 0 Å². The molecule has 124 valence electrons. The number of hydrogen-bond acceptors (Lipinski definition) is 5. The monoisotopic (exact) mass is 320 g/mol. The number of nitrogens with zero attached hydrogens (tertiary/aromatic N) is 1. The maximum atomic E-state index is 11.9. The van der Waals surface area contributed by atoms with Crippen LogP contribution in [0.2, 0.25) is 0 Å². The topological polar surface area (TPSA) is 95.9 Å². The quantitative estimate of drug-likeness (QED) is 0.748. The molecule has 0 spiro atoms. The fourth-order valence-corrected chi connectivity index (χ4v) is 1.93. The number of ether oxygens (including phenoxy) is 1. The van der Waals surface area contributed by atoms with E-state index in [-0.39, 0.29) is 29.8 Å². The summed E-state index contributed by atoms with van der Waals surface area (Å²) in [5.74, 6) is -1.70. The number of nitrogens with one attached hydrogen (secondary N) is 1. The normalized spacial score (nSPS) is 13.3. The number of amides is 2. The van der Waals surface area contributed by atoms with Crippen LogP contribution >= 0.6 is 0 Å². The molecule has 1 saturated carbocycles. The smallest absolute Gasteiger partial charge is 0.342 e. The molecule has 2 rings (SSSR count). The van der Waals surface area contributed by atoms with Crippen molar-refractivity contribution in [3.05, 3.63) is 29.3 Å². The van der Waals surface area contributed by atoms with Crippen LogP contribution in [0.25, 0.3) is 0 Å². The van der Waals surface area contributed by atoms with E-state index in [1.165, 1.54) is 24.1 Å². The number of carbonyl (C=O) groups excluding carboxylic acids is 3. The first-order valence-electron chi connectivity index (χ1n) is 7.37. The minimum absolute atomic E-state index is 0.00229. The van der Waals surface area contributed by atoms with Gasteiger partial charge in [-0.2, -0.15) is 0 Å². The lowest BCUT2D eigenvalue weighted by Crippen LogP contribution is -2.40. The van der Waals surface area contributed by atoms with Crippen LogP contribution in [0, 0.1) is 6.92 Å². The van der Waals surface area contributed by atoms with Gasteiger partial charge in [0.1, 0.15) is 11.3 Å². The molecule has 0 atom stereocenters. The Balaban J connectivity index is 1.80. The van der Waals surface area contributed by atoms with Crippen LogP contribution in [0.1, 0.15) is 28.8 Å². The van der Waals surface area contributed by atoms with E-state index in [4.69, 9.17) is 4.74 Å². The summed E-state index contributed by atoms with van der Waals surface area (Å²) < 4.78 is 4.88. The highest BCUT2D eigenvalue weighted by Gasteiger charge is 2.24. The summed E-state index contributed by atoms with van der Waals surface area (Å²) in [6.07, 6.45) is 1.95. The molecule has 2 N–H and O–H groups in total. The van der Waals surface area contributed by atoms with E-state index < -0.39 is 18.5 Å². The Kier molecular flexibility index (Phi) is 5.20. The van der Waals surface area contributed by atoms with Crippen LogP contribution in [0.15, 0.2) is 18.2 Å². The SMILES string of the molecule is Cc1ccc(C(=O)OCC(=O)N(C)CC(=O)NC2CC2)c(O)c1. The third-order valence-corrected chi connectivity index (χ3v) is 3.45. The first kappa shape index (κ1) is 16.8. The lowest BCUT2D eigenvalue weighted by atomic mass is 10.1. The van der Waals surface area contributed by atoms with Gasteiger partial charge >= 0.3 is 5.97 Å². The zero-order valence-corrected chi connectivity index (χ0v) is 13.2. The molecular formula is C16H20N2O5. The number of benzene rings is 1. The second-order valence-corrected chi connectivity index (χ2v) is 5.69. The number of phenols is 1. The maximum absolute atomic E-state index is 11.9. The molecule has 7 heteroatoms. The van der Waals surface area contributed by atoms with Crippen LogP contribution in [-0.2, 0) is 14.3 Å². The van der Waals surface area contributed by atoms with Gasteiger partial charge in [0.15, 0.2) is 6.61 Å². The molecule has 1 aliphatic carbocycles. The third-order valence-electron chi connectivity index (χ3n) is 3.45. The van der Waals surface area contributed by atoms with Gasteiger partial charge in [0.2, 0.25) is 5.91 Å². The predicted octanol–water partition coefficient (Wildman–Crippen LogP) is 0.594. The molecule has 1 aromatic carbocycles. The Morgan fingerprint density at radius 2 is 2.04 bits per heavy atom. The van der Waals surface area contributed by atoms with Crippen LogP contribution in [0.5, 0.6) is 5.75 Å². The Bertz CT molecular complexity index is 625. The van der Waals surface area contributed by atoms with Gasteiger partial charge in [0.05, 0.1) is 6.54 Å². The predicted molar refractivity (Wildman–Crippen MR) is 81.9 cm³/mol. The van der Waals surface area contributed by atoms with E-state index in [0.717, 1.165) is 18.4 Å². The second kappa shape index (κ2) is 7.13. The van der Waals surface area contributed by atoms with Crippen LogP contribution in [0.3, 0.4) is 0 Å². The zero-order chi connectivity index (χ0) is 17.0. The molecule has 1 aliphatic rings. The van der Waals surface area contributed by atoms with Crippen molar-refractivity contribution in [2.75, 3.05) is 20.2 Å². The van der Waals surface area contributed by atoms with Crippen LogP contribution in [-0.4, -0.2) is 54.0 Å². The Morgan fingerprint density at radius 3 is 2.65 bits per heavy atom. The number of phenolic OH excluding ortho intramolecular Hbond substituents is 1. The average molecular weight is 320 g/mol. The molecule has 0 heterocycles. The van der Waals surface area contributed by atoms with Crippen molar-refractivity contribution < 1.29 is 24.2 Å². The van der Waals surface area contributed by atoms with Crippen molar-refractivity contribution in [1.82, 2.24) is 10.2 Å². The van der Waals surface area contributed by atoms with Gasteiger partial charge in [-0.15, -0.1) is 0 Å². The molecule has 0 saturated heterocycles. The number of esters is 1. The number of hydrogen-bond donors (Lipinski definition) is 2. The Hall–Kier alpha value is -2.57.